The normalized spacial score (nSPS) is 23.5. The Morgan fingerprint density at radius 2 is 1.81 bits per heavy atom. The van der Waals surface area contributed by atoms with Crippen molar-refractivity contribution in [1.29, 1.82) is 0 Å². The number of aliphatic hydroxyl groups excluding tert-OH is 1. The molecule has 0 aromatic heterocycles. The first-order valence-electron chi connectivity index (χ1n) is 11.7. The van der Waals surface area contributed by atoms with Gasteiger partial charge in [0.05, 0.1) is 19.8 Å². The van der Waals surface area contributed by atoms with Crippen LogP contribution in [0.1, 0.15) is 45.1 Å². The summed E-state index contributed by atoms with van der Waals surface area (Å²) in [5.41, 5.74) is 1.25. The highest BCUT2D eigenvalue weighted by Gasteiger charge is 2.36. The number of aliphatic imine (C=N–C) groups is 1. The zero-order valence-corrected chi connectivity index (χ0v) is 19.1. The monoisotopic (exact) mass is 433 g/mol. The van der Waals surface area contributed by atoms with Gasteiger partial charge in [0.25, 0.3) is 0 Å². The molecule has 1 unspecified atom stereocenters. The van der Waals surface area contributed by atoms with Crippen molar-refractivity contribution in [3.63, 3.8) is 0 Å². The second-order valence-corrected chi connectivity index (χ2v) is 8.68. The number of guanidine groups is 1. The summed E-state index contributed by atoms with van der Waals surface area (Å²) < 4.78 is 16.9. The third-order valence-corrected chi connectivity index (χ3v) is 6.57. The molecule has 3 N–H and O–H groups in total. The molecule has 1 aromatic rings. The molecule has 174 valence electrons. The molecular weight excluding hydrogens is 394 g/mol. The van der Waals surface area contributed by atoms with E-state index in [0.717, 1.165) is 70.3 Å². The van der Waals surface area contributed by atoms with Crippen LogP contribution in [-0.4, -0.2) is 70.3 Å². The lowest BCUT2D eigenvalue weighted by Gasteiger charge is -2.38. The number of hydrogen-bond donors (Lipinski definition) is 3. The first-order valence-corrected chi connectivity index (χ1v) is 11.7. The number of ether oxygens (including phenoxy) is 3. The smallest absolute Gasteiger partial charge is 0.191 e. The summed E-state index contributed by atoms with van der Waals surface area (Å²) in [4.78, 5) is 4.89. The van der Waals surface area contributed by atoms with Gasteiger partial charge in [-0.2, -0.15) is 0 Å². The fraction of sp³-hybridized carbons (Fsp3) is 0.708. The Kier molecular flexibility index (Phi) is 8.99. The summed E-state index contributed by atoms with van der Waals surface area (Å²) in [6.45, 7) is 10.1. The lowest BCUT2D eigenvalue weighted by Crippen LogP contribution is -2.48. The van der Waals surface area contributed by atoms with Gasteiger partial charge in [-0.15, -0.1) is 0 Å². The molecule has 0 radical (unpaired) electrons. The minimum absolute atomic E-state index is 0.00155. The number of hydrogen-bond acceptors (Lipinski definition) is 5. The molecule has 0 amide bonds. The number of nitrogens with zero attached hydrogens (tertiary/aromatic N) is 1. The highest BCUT2D eigenvalue weighted by molar-refractivity contribution is 5.80. The Morgan fingerprint density at radius 1 is 1.06 bits per heavy atom. The Labute approximate surface area is 186 Å². The Bertz CT molecular complexity index is 681. The van der Waals surface area contributed by atoms with Crippen molar-refractivity contribution < 1.29 is 19.3 Å². The fourth-order valence-corrected chi connectivity index (χ4v) is 4.53. The maximum absolute atomic E-state index is 9.49. The second-order valence-electron chi connectivity index (χ2n) is 8.68. The summed E-state index contributed by atoms with van der Waals surface area (Å²) >= 11 is 0. The van der Waals surface area contributed by atoms with Crippen molar-refractivity contribution in [3.8, 4) is 5.75 Å². The van der Waals surface area contributed by atoms with Crippen molar-refractivity contribution >= 4 is 5.96 Å². The van der Waals surface area contributed by atoms with Crippen LogP contribution < -0.4 is 15.4 Å². The number of aliphatic hydroxyl groups is 1. The summed E-state index contributed by atoms with van der Waals surface area (Å²) in [6.07, 6.45) is 3.61. The Morgan fingerprint density at radius 3 is 2.42 bits per heavy atom. The summed E-state index contributed by atoms with van der Waals surface area (Å²) in [5, 5.41) is 16.5. The van der Waals surface area contributed by atoms with Gasteiger partial charge < -0.3 is 30.0 Å². The summed E-state index contributed by atoms with van der Waals surface area (Å²) in [5.74, 6) is 1.73. The molecule has 2 aliphatic rings. The van der Waals surface area contributed by atoms with Crippen molar-refractivity contribution in [1.82, 2.24) is 10.6 Å². The molecule has 2 saturated heterocycles. The SMILES string of the molecule is CCNC(=NCC1(CCO)CCOC1)NCC1(c2ccc(OCC)cc2)CCOCC1. The van der Waals surface area contributed by atoms with Gasteiger partial charge in [-0.25, -0.2) is 0 Å². The van der Waals surface area contributed by atoms with Gasteiger partial charge >= 0.3 is 0 Å². The predicted molar refractivity (Wildman–Crippen MR) is 123 cm³/mol. The van der Waals surface area contributed by atoms with Crippen molar-refractivity contribution in [2.45, 2.75) is 44.9 Å². The summed E-state index contributed by atoms with van der Waals surface area (Å²) in [6, 6.07) is 8.50. The molecule has 2 aliphatic heterocycles. The molecule has 7 nitrogen and oxygen atoms in total. The van der Waals surface area contributed by atoms with Crippen LogP contribution in [-0.2, 0) is 14.9 Å². The molecule has 2 fully saturated rings. The quantitative estimate of drug-likeness (QED) is 0.388. The number of rotatable bonds is 10. The highest BCUT2D eigenvalue weighted by Crippen LogP contribution is 2.35. The molecule has 0 saturated carbocycles. The molecule has 7 heteroatoms. The Hall–Kier alpha value is -1.83. The molecule has 0 spiro atoms. The van der Waals surface area contributed by atoms with E-state index in [4.69, 9.17) is 19.2 Å². The summed E-state index contributed by atoms with van der Waals surface area (Å²) in [7, 11) is 0. The van der Waals surface area contributed by atoms with E-state index in [1.54, 1.807) is 0 Å². The van der Waals surface area contributed by atoms with E-state index in [-0.39, 0.29) is 17.4 Å². The van der Waals surface area contributed by atoms with Crippen LogP contribution in [0.3, 0.4) is 0 Å². The van der Waals surface area contributed by atoms with E-state index in [1.165, 1.54) is 5.56 Å². The average molecular weight is 434 g/mol. The fourth-order valence-electron chi connectivity index (χ4n) is 4.53. The highest BCUT2D eigenvalue weighted by atomic mass is 16.5. The standard InChI is InChI=1S/C24H39N3O4/c1-3-25-22(26-17-23(9-13-28)10-14-30-19-23)27-18-24(11-15-29-16-12-24)20-5-7-21(8-6-20)31-4-2/h5-8,28H,3-4,9-19H2,1-2H3,(H2,25,26,27). The second kappa shape index (κ2) is 11.7. The lowest BCUT2D eigenvalue weighted by atomic mass is 9.74. The number of nitrogens with one attached hydrogen (secondary N) is 2. The van der Waals surface area contributed by atoms with Gasteiger partial charge in [-0.05, 0) is 57.2 Å². The van der Waals surface area contributed by atoms with Crippen LogP contribution in [0, 0.1) is 5.41 Å². The lowest BCUT2D eigenvalue weighted by molar-refractivity contribution is 0.0513. The van der Waals surface area contributed by atoms with Gasteiger partial charge in [0.1, 0.15) is 5.75 Å². The van der Waals surface area contributed by atoms with Crippen LogP contribution in [0.5, 0.6) is 5.75 Å². The molecule has 1 aromatic carbocycles. The number of benzene rings is 1. The van der Waals surface area contributed by atoms with E-state index in [2.05, 4.69) is 41.8 Å². The van der Waals surface area contributed by atoms with Crippen LogP contribution in [0.2, 0.25) is 0 Å². The molecule has 1 atom stereocenters. The van der Waals surface area contributed by atoms with Crippen molar-refractivity contribution in [2.75, 3.05) is 59.3 Å². The zero-order valence-electron chi connectivity index (χ0n) is 19.1. The van der Waals surface area contributed by atoms with Gasteiger partial charge in [-0.3, -0.25) is 4.99 Å². The molecule has 2 heterocycles. The maximum atomic E-state index is 9.49. The van der Waals surface area contributed by atoms with E-state index < -0.39 is 0 Å². The largest absolute Gasteiger partial charge is 0.494 e. The maximum Gasteiger partial charge on any atom is 0.191 e. The topological polar surface area (TPSA) is 84.3 Å². The van der Waals surface area contributed by atoms with E-state index in [1.807, 2.05) is 6.92 Å². The molecule has 31 heavy (non-hydrogen) atoms. The minimum Gasteiger partial charge on any atom is -0.494 e. The average Bonchev–Trinajstić information content (AvgIpc) is 3.26. The van der Waals surface area contributed by atoms with Crippen LogP contribution in [0.25, 0.3) is 0 Å². The molecular formula is C24H39N3O4. The third kappa shape index (κ3) is 6.34. The van der Waals surface area contributed by atoms with Gasteiger partial charge in [0.15, 0.2) is 5.96 Å². The first kappa shape index (κ1) is 23.8. The van der Waals surface area contributed by atoms with Gasteiger partial charge in [0, 0.05) is 50.3 Å². The Balaban J connectivity index is 1.72. The molecule has 0 bridgehead atoms. The van der Waals surface area contributed by atoms with Crippen LogP contribution in [0.4, 0.5) is 0 Å². The first-order chi connectivity index (χ1) is 15.2. The molecule has 0 aliphatic carbocycles. The third-order valence-electron chi connectivity index (χ3n) is 6.57. The predicted octanol–water partition coefficient (Wildman–Crippen LogP) is 2.48. The minimum atomic E-state index is -0.0530. The van der Waals surface area contributed by atoms with Crippen LogP contribution >= 0.6 is 0 Å². The van der Waals surface area contributed by atoms with E-state index in [9.17, 15) is 5.11 Å². The van der Waals surface area contributed by atoms with Crippen molar-refractivity contribution in [3.05, 3.63) is 29.8 Å². The zero-order chi connectivity index (χ0) is 22.0. The van der Waals surface area contributed by atoms with E-state index in [0.29, 0.717) is 19.8 Å². The molecule has 3 rings (SSSR count). The van der Waals surface area contributed by atoms with Gasteiger partial charge in [-0.1, -0.05) is 12.1 Å². The van der Waals surface area contributed by atoms with E-state index >= 15 is 0 Å². The van der Waals surface area contributed by atoms with Gasteiger partial charge in [0.2, 0.25) is 0 Å². The van der Waals surface area contributed by atoms with Crippen molar-refractivity contribution in [2.24, 2.45) is 10.4 Å². The van der Waals surface area contributed by atoms with Crippen LogP contribution in [0.15, 0.2) is 29.3 Å².